The fourth-order valence-corrected chi connectivity index (χ4v) is 2.58. The Kier molecular flexibility index (Phi) is 7.29. The van der Waals surface area contributed by atoms with Gasteiger partial charge in [-0.1, -0.05) is 30.0 Å². The minimum atomic E-state index is 1.35. The second kappa shape index (κ2) is 7.34. The van der Waals surface area contributed by atoms with Crippen molar-refractivity contribution in [1.82, 2.24) is 0 Å². The molecular formula is C11H18S2. The molecule has 0 fully saturated rings. The molecule has 0 aliphatic carbocycles. The summed E-state index contributed by atoms with van der Waals surface area (Å²) in [6.07, 6.45) is 8.59. The summed E-state index contributed by atoms with van der Waals surface area (Å²) in [6, 6.07) is 0. The minimum absolute atomic E-state index is 1.35. The van der Waals surface area contributed by atoms with Crippen molar-refractivity contribution < 1.29 is 0 Å². The molecule has 0 spiro atoms. The summed E-state index contributed by atoms with van der Waals surface area (Å²) in [4.78, 5) is 4.06. The lowest BCUT2D eigenvalue weighted by Crippen LogP contribution is -1.80. The van der Waals surface area contributed by atoms with E-state index in [1.54, 1.807) is 11.8 Å². The minimum Gasteiger partial charge on any atom is -0.129 e. The van der Waals surface area contributed by atoms with Crippen molar-refractivity contribution >= 4 is 23.5 Å². The molecule has 0 nitrogen and oxygen atoms in total. The van der Waals surface area contributed by atoms with Gasteiger partial charge in [0, 0.05) is 9.81 Å². The summed E-state index contributed by atoms with van der Waals surface area (Å²) in [7, 11) is 0. The normalized spacial score (nSPS) is 15.0. The molecule has 0 saturated heterocycles. The first-order valence-electron chi connectivity index (χ1n) is 4.37. The maximum atomic E-state index is 2.17. The molecule has 0 atom stereocenters. The van der Waals surface area contributed by atoms with Crippen LogP contribution < -0.4 is 0 Å². The third kappa shape index (κ3) is 4.63. The van der Waals surface area contributed by atoms with Crippen molar-refractivity contribution in [3.05, 3.63) is 32.9 Å². The van der Waals surface area contributed by atoms with E-state index in [1.165, 1.54) is 14.7 Å². The van der Waals surface area contributed by atoms with Crippen LogP contribution in [-0.4, -0.2) is 6.26 Å². The topological polar surface area (TPSA) is 0 Å². The molecular weight excluding hydrogens is 196 g/mol. The van der Waals surface area contributed by atoms with Crippen LogP contribution >= 0.6 is 23.5 Å². The molecule has 0 bridgehead atoms. The predicted octanol–water partition coefficient (Wildman–Crippen LogP) is 4.81. The van der Waals surface area contributed by atoms with E-state index in [0.717, 1.165) is 0 Å². The number of hydrogen-bond donors (Lipinski definition) is 0. The Morgan fingerprint density at radius 1 is 0.923 bits per heavy atom. The van der Waals surface area contributed by atoms with Gasteiger partial charge in [-0.2, -0.15) is 0 Å². The summed E-state index contributed by atoms with van der Waals surface area (Å²) in [6.45, 7) is 8.39. The Labute approximate surface area is 90.6 Å². The largest absolute Gasteiger partial charge is 0.129 e. The average Bonchev–Trinajstić information content (AvgIpc) is 2.17. The summed E-state index contributed by atoms with van der Waals surface area (Å²) in [5.41, 5.74) is 0. The quantitative estimate of drug-likeness (QED) is 0.616. The summed E-state index contributed by atoms with van der Waals surface area (Å²) in [5, 5.41) is 0. The molecule has 0 N–H and O–H groups in total. The van der Waals surface area contributed by atoms with E-state index < -0.39 is 0 Å². The smallest absolute Gasteiger partial charge is 0.0208 e. The molecule has 74 valence electrons. The van der Waals surface area contributed by atoms with Gasteiger partial charge in [-0.05, 0) is 38.9 Å². The first-order chi connectivity index (χ1) is 6.19. The van der Waals surface area contributed by atoms with Gasteiger partial charge < -0.3 is 0 Å². The van der Waals surface area contributed by atoms with Gasteiger partial charge in [0.05, 0.1) is 0 Å². The Morgan fingerprint density at radius 3 is 1.77 bits per heavy atom. The Balaban J connectivity index is 4.55. The van der Waals surface area contributed by atoms with Gasteiger partial charge >= 0.3 is 0 Å². The van der Waals surface area contributed by atoms with E-state index in [4.69, 9.17) is 0 Å². The lowest BCUT2D eigenvalue weighted by molar-refractivity contribution is 1.58. The highest BCUT2D eigenvalue weighted by atomic mass is 32.2. The summed E-state index contributed by atoms with van der Waals surface area (Å²) < 4.78 is 0. The number of thioether (sulfide) groups is 2. The highest BCUT2D eigenvalue weighted by Crippen LogP contribution is 2.35. The second-order valence-electron chi connectivity index (χ2n) is 2.51. The Morgan fingerprint density at radius 2 is 1.46 bits per heavy atom. The lowest BCUT2D eigenvalue weighted by Gasteiger charge is -2.08. The monoisotopic (exact) mass is 214 g/mol. The Hall–Kier alpha value is -0.0800. The highest BCUT2D eigenvalue weighted by molar-refractivity contribution is 8.10. The Bertz CT molecular complexity index is 234. The van der Waals surface area contributed by atoms with E-state index >= 15 is 0 Å². The molecule has 0 unspecified atom stereocenters. The van der Waals surface area contributed by atoms with E-state index in [-0.39, 0.29) is 0 Å². The molecule has 0 aromatic heterocycles. The van der Waals surface area contributed by atoms with E-state index in [2.05, 4.69) is 52.2 Å². The molecule has 2 heteroatoms. The zero-order valence-corrected chi connectivity index (χ0v) is 10.7. The van der Waals surface area contributed by atoms with Crippen LogP contribution in [0, 0.1) is 0 Å². The van der Waals surface area contributed by atoms with Crippen LogP contribution in [0.5, 0.6) is 0 Å². The molecule has 0 saturated carbocycles. The van der Waals surface area contributed by atoms with Crippen LogP contribution in [-0.2, 0) is 0 Å². The van der Waals surface area contributed by atoms with Gasteiger partial charge in [-0.25, -0.2) is 0 Å². The van der Waals surface area contributed by atoms with Crippen molar-refractivity contribution in [3.63, 3.8) is 0 Å². The predicted molar refractivity (Wildman–Crippen MR) is 68.1 cm³/mol. The zero-order valence-electron chi connectivity index (χ0n) is 9.05. The third-order valence-corrected chi connectivity index (χ3v) is 3.92. The zero-order chi connectivity index (χ0) is 10.3. The van der Waals surface area contributed by atoms with Gasteiger partial charge in [0.2, 0.25) is 0 Å². The maximum absolute atomic E-state index is 2.17. The number of rotatable bonds is 4. The van der Waals surface area contributed by atoms with E-state index in [9.17, 15) is 0 Å². The molecule has 0 amide bonds. The highest BCUT2D eigenvalue weighted by Gasteiger charge is 2.02. The summed E-state index contributed by atoms with van der Waals surface area (Å²) >= 11 is 3.63. The molecule has 0 aliphatic rings. The molecule has 0 radical (unpaired) electrons. The first kappa shape index (κ1) is 12.9. The van der Waals surface area contributed by atoms with Crippen LogP contribution in [0.15, 0.2) is 32.9 Å². The van der Waals surface area contributed by atoms with Crippen molar-refractivity contribution in [3.8, 4) is 0 Å². The van der Waals surface area contributed by atoms with Crippen molar-refractivity contribution in [2.24, 2.45) is 0 Å². The van der Waals surface area contributed by atoms with E-state index in [0.29, 0.717) is 0 Å². The van der Waals surface area contributed by atoms with Crippen molar-refractivity contribution in [2.45, 2.75) is 27.7 Å². The lowest BCUT2D eigenvalue weighted by atomic mass is 10.4. The molecule has 0 aromatic carbocycles. The third-order valence-electron chi connectivity index (χ3n) is 1.66. The molecule has 0 aliphatic heterocycles. The standard InChI is InChI=1S/C11H18S2/c1-6-9(4)13-11(8-3)10(7-2)12-5/h6-8H,1-5H3/b9-6-,10-7-,11-8-. The van der Waals surface area contributed by atoms with Gasteiger partial charge in [0.25, 0.3) is 0 Å². The average molecular weight is 214 g/mol. The molecule has 0 rings (SSSR count). The van der Waals surface area contributed by atoms with Gasteiger partial charge in [-0.3, -0.25) is 0 Å². The second-order valence-corrected chi connectivity index (χ2v) is 4.65. The number of allylic oxidation sites excluding steroid dienone is 4. The first-order valence-corrected chi connectivity index (χ1v) is 6.41. The SMILES string of the molecule is C/C=C(/C)SC(=C\C)/C(=C/C)SC. The van der Waals surface area contributed by atoms with Gasteiger partial charge in [0.1, 0.15) is 0 Å². The van der Waals surface area contributed by atoms with Crippen LogP contribution in [0.3, 0.4) is 0 Å². The van der Waals surface area contributed by atoms with E-state index in [1.807, 2.05) is 11.8 Å². The fourth-order valence-electron chi connectivity index (χ4n) is 0.845. The molecule has 0 aromatic rings. The van der Waals surface area contributed by atoms with Crippen LogP contribution in [0.25, 0.3) is 0 Å². The number of hydrogen-bond acceptors (Lipinski definition) is 2. The molecule has 13 heavy (non-hydrogen) atoms. The van der Waals surface area contributed by atoms with Crippen LogP contribution in [0.1, 0.15) is 27.7 Å². The van der Waals surface area contributed by atoms with Crippen molar-refractivity contribution in [1.29, 1.82) is 0 Å². The summed E-state index contributed by atoms with van der Waals surface area (Å²) in [5.74, 6) is 0. The van der Waals surface area contributed by atoms with Crippen LogP contribution in [0.4, 0.5) is 0 Å². The maximum Gasteiger partial charge on any atom is 0.0208 e. The molecule has 0 heterocycles. The van der Waals surface area contributed by atoms with Crippen LogP contribution in [0.2, 0.25) is 0 Å². The van der Waals surface area contributed by atoms with Gasteiger partial charge in [0.15, 0.2) is 0 Å². The fraction of sp³-hybridized carbons (Fsp3) is 0.455. The van der Waals surface area contributed by atoms with Crippen molar-refractivity contribution in [2.75, 3.05) is 6.26 Å². The van der Waals surface area contributed by atoms with Gasteiger partial charge in [-0.15, -0.1) is 11.8 Å².